The topological polar surface area (TPSA) is 49.8 Å². The molecular weight excluding hydrogens is 363 g/mol. The lowest BCUT2D eigenvalue weighted by molar-refractivity contribution is 0.461. The molecule has 0 bridgehead atoms. The summed E-state index contributed by atoms with van der Waals surface area (Å²) in [6, 6.07) is 13.2. The molecule has 1 aliphatic carbocycles. The van der Waals surface area contributed by atoms with Crippen LogP contribution < -0.4 is 10.6 Å². The monoisotopic (exact) mass is 384 g/mol. The van der Waals surface area contributed by atoms with Gasteiger partial charge in [-0.15, -0.1) is 0 Å². The predicted molar refractivity (Wildman–Crippen MR) is 109 cm³/mol. The number of hydrogen-bond donors (Lipinski definition) is 2. The fourth-order valence-corrected chi connectivity index (χ4v) is 3.66. The molecule has 2 N–H and O–H groups in total. The number of nitrogens with zero attached hydrogens (tertiary/aromatic N) is 2. The van der Waals surface area contributed by atoms with Crippen molar-refractivity contribution in [1.29, 1.82) is 0 Å². The van der Waals surface area contributed by atoms with Gasteiger partial charge < -0.3 is 10.6 Å². The summed E-state index contributed by atoms with van der Waals surface area (Å²) >= 11 is 5.76. The highest BCUT2D eigenvalue weighted by molar-refractivity contribution is 6.30. The van der Waals surface area contributed by atoms with Crippen LogP contribution in [0.15, 0.2) is 42.5 Å². The van der Waals surface area contributed by atoms with Gasteiger partial charge in [0.2, 0.25) is 5.95 Å². The molecule has 0 amide bonds. The van der Waals surface area contributed by atoms with Gasteiger partial charge in [0.1, 0.15) is 11.6 Å². The van der Waals surface area contributed by atoms with Crippen molar-refractivity contribution in [3.05, 3.63) is 58.9 Å². The maximum absolute atomic E-state index is 13.7. The van der Waals surface area contributed by atoms with E-state index in [4.69, 9.17) is 16.6 Å². The highest BCUT2D eigenvalue weighted by atomic mass is 35.5. The van der Waals surface area contributed by atoms with Crippen molar-refractivity contribution in [2.45, 2.75) is 44.7 Å². The lowest BCUT2D eigenvalue weighted by atomic mass is 9.96. The Morgan fingerprint density at radius 2 is 1.85 bits per heavy atom. The Morgan fingerprint density at radius 1 is 1.04 bits per heavy atom. The average molecular weight is 385 g/mol. The molecule has 2 aromatic carbocycles. The number of fused-ring (bicyclic) bond motifs is 1. The molecule has 0 spiro atoms. The van der Waals surface area contributed by atoms with Crippen LogP contribution in [-0.2, 0) is 6.54 Å². The number of aromatic nitrogens is 2. The molecule has 4 nitrogen and oxygen atoms in total. The Morgan fingerprint density at radius 3 is 2.67 bits per heavy atom. The van der Waals surface area contributed by atoms with Crippen molar-refractivity contribution >= 4 is 34.3 Å². The van der Waals surface area contributed by atoms with Crippen LogP contribution in [0.5, 0.6) is 0 Å². The first-order chi connectivity index (χ1) is 13.2. The van der Waals surface area contributed by atoms with E-state index in [1.807, 2.05) is 30.3 Å². The summed E-state index contributed by atoms with van der Waals surface area (Å²) in [5.41, 5.74) is 1.69. The highest BCUT2D eigenvalue weighted by Crippen LogP contribution is 2.25. The maximum atomic E-state index is 13.7. The third-order valence-corrected chi connectivity index (χ3v) is 5.29. The summed E-state index contributed by atoms with van der Waals surface area (Å²) in [5, 5.41) is 7.89. The molecule has 27 heavy (non-hydrogen) atoms. The fraction of sp³-hybridized carbons (Fsp3) is 0.333. The second kappa shape index (κ2) is 8.09. The van der Waals surface area contributed by atoms with Crippen LogP contribution >= 0.6 is 11.6 Å². The maximum Gasteiger partial charge on any atom is 0.225 e. The second-order valence-corrected chi connectivity index (χ2v) is 7.40. The van der Waals surface area contributed by atoms with Crippen LogP contribution in [-0.4, -0.2) is 16.0 Å². The molecule has 3 aromatic rings. The molecule has 0 aliphatic heterocycles. The minimum Gasteiger partial charge on any atom is -0.365 e. The molecule has 0 saturated heterocycles. The van der Waals surface area contributed by atoms with E-state index in [-0.39, 0.29) is 5.02 Å². The van der Waals surface area contributed by atoms with Crippen LogP contribution in [0.2, 0.25) is 5.02 Å². The number of rotatable bonds is 5. The van der Waals surface area contributed by atoms with Gasteiger partial charge >= 0.3 is 0 Å². The van der Waals surface area contributed by atoms with E-state index >= 15 is 0 Å². The summed E-state index contributed by atoms with van der Waals surface area (Å²) in [6.45, 7) is 0.456. The first kappa shape index (κ1) is 18.0. The normalized spacial score (nSPS) is 15.0. The zero-order valence-corrected chi connectivity index (χ0v) is 15.8. The first-order valence-electron chi connectivity index (χ1n) is 9.40. The molecular formula is C21H22ClFN4. The second-order valence-electron chi connectivity index (χ2n) is 6.99. The van der Waals surface area contributed by atoms with Gasteiger partial charge in [-0.3, -0.25) is 0 Å². The molecule has 1 heterocycles. The zero-order chi connectivity index (χ0) is 18.6. The molecule has 1 fully saturated rings. The quantitative estimate of drug-likeness (QED) is 0.585. The minimum absolute atomic E-state index is 0.130. The summed E-state index contributed by atoms with van der Waals surface area (Å²) < 4.78 is 13.7. The highest BCUT2D eigenvalue weighted by Gasteiger charge is 2.15. The van der Waals surface area contributed by atoms with E-state index in [2.05, 4.69) is 15.6 Å². The SMILES string of the molecule is Fc1cc(CNc2nc(NC3CCCCC3)nc3ccccc23)ccc1Cl. The number of halogens is 2. The molecule has 1 aromatic heterocycles. The van der Waals surface area contributed by atoms with Gasteiger partial charge in [-0.25, -0.2) is 9.37 Å². The van der Waals surface area contributed by atoms with Crippen molar-refractivity contribution in [2.75, 3.05) is 10.6 Å². The number of hydrogen-bond acceptors (Lipinski definition) is 4. The summed E-state index contributed by atoms with van der Waals surface area (Å²) in [4.78, 5) is 9.37. The summed E-state index contributed by atoms with van der Waals surface area (Å²) in [6.07, 6.45) is 6.12. The lowest BCUT2D eigenvalue weighted by Crippen LogP contribution is -2.23. The van der Waals surface area contributed by atoms with Crippen molar-refractivity contribution in [3.8, 4) is 0 Å². The molecule has 1 saturated carbocycles. The number of nitrogens with one attached hydrogen (secondary N) is 2. The summed E-state index contributed by atoms with van der Waals surface area (Å²) in [7, 11) is 0. The Balaban J connectivity index is 1.58. The predicted octanol–water partition coefficient (Wildman–Crippen LogP) is 5.78. The minimum atomic E-state index is -0.414. The molecule has 0 atom stereocenters. The van der Waals surface area contributed by atoms with Crippen molar-refractivity contribution < 1.29 is 4.39 Å². The first-order valence-corrected chi connectivity index (χ1v) is 9.78. The van der Waals surface area contributed by atoms with Gasteiger partial charge in [-0.2, -0.15) is 4.98 Å². The standard InChI is InChI=1S/C21H22ClFN4/c22-17-11-10-14(12-18(17)23)13-24-20-16-8-4-5-9-19(16)26-21(27-20)25-15-6-2-1-3-7-15/h4-5,8-12,15H,1-3,6-7,13H2,(H2,24,25,26,27). The Hall–Kier alpha value is -2.40. The molecule has 140 valence electrons. The lowest BCUT2D eigenvalue weighted by Gasteiger charge is -2.23. The molecule has 1 aliphatic rings. The van der Waals surface area contributed by atoms with Gasteiger partial charge in [0, 0.05) is 18.0 Å². The van der Waals surface area contributed by atoms with Gasteiger partial charge in [-0.1, -0.05) is 49.1 Å². The average Bonchev–Trinajstić information content (AvgIpc) is 2.69. The van der Waals surface area contributed by atoms with Crippen molar-refractivity contribution in [3.63, 3.8) is 0 Å². The number of anilines is 2. The number of para-hydroxylation sites is 1. The van der Waals surface area contributed by atoms with E-state index in [1.54, 1.807) is 6.07 Å². The number of benzene rings is 2. The Bertz CT molecular complexity index is 941. The zero-order valence-electron chi connectivity index (χ0n) is 15.0. The molecule has 0 unspecified atom stereocenters. The Kier molecular flexibility index (Phi) is 5.39. The van der Waals surface area contributed by atoms with Crippen LogP contribution in [0.1, 0.15) is 37.7 Å². The van der Waals surface area contributed by atoms with Gasteiger partial charge in [0.25, 0.3) is 0 Å². The third-order valence-electron chi connectivity index (χ3n) is 4.99. The van der Waals surface area contributed by atoms with E-state index < -0.39 is 5.82 Å². The smallest absolute Gasteiger partial charge is 0.225 e. The van der Waals surface area contributed by atoms with E-state index in [0.717, 1.165) is 35.1 Å². The van der Waals surface area contributed by atoms with E-state index in [0.29, 0.717) is 18.5 Å². The van der Waals surface area contributed by atoms with Gasteiger partial charge in [-0.05, 0) is 42.7 Å². The van der Waals surface area contributed by atoms with Gasteiger partial charge in [0.05, 0.1) is 10.5 Å². The van der Waals surface area contributed by atoms with Gasteiger partial charge in [0.15, 0.2) is 0 Å². The third kappa shape index (κ3) is 4.30. The van der Waals surface area contributed by atoms with Crippen LogP contribution in [0.25, 0.3) is 10.9 Å². The largest absolute Gasteiger partial charge is 0.365 e. The van der Waals surface area contributed by atoms with Crippen molar-refractivity contribution in [1.82, 2.24) is 9.97 Å². The van der Waals surface area contributed by atoms with E-state index in [1.165, 1.54) is 25.3 Å². The molecule has 0 radical (unpaired) electrons. The van der Waals surface area contributed by atoms with E-state index in [9.17, 15) is 4.39 Å². The molecule has 4 rings (SSSR count). The Labute approximate surface area is 163 Å². The van der Waals surface area contributed by atoms with Crippen LogP contribution in [0.4, 0.5) is 16.2 Å². The summed E-state index contributed by atoms with van der Waals surface area (Å²) in [5.74, 6) is 0.975. The van der Waals surface area contributed by atoms with Crippen molar-refractivity contribution in [2.24, 2.45) is 0 Å². The van der Waals surface area contributed by atoms with Crippen LogP contribution in [0, 0.1) is 5.82 Å². The fourth-order valence-electron chi connectivity index (χ4n) is 3.54. The van der Waals surface area contributed by atoms with Crippen LogP contribution in [0.3, 0.4) is 0 Å². The molecule has 6 heteroatoms.